The predicted octanol–water partition coefficient (Wildman–Crippen LogP) is 1.46. The van der Waals surface area contributed by atoms with Gasteiger partial charge in [0.25, 0.3) is 0 Å². The fourth-order valence-corrected chi connectivity index (χ4v) is 3.61. The summed E-state index contributed by atoms with van der Waals surface area (Å²) in [6.07, 6.45) is -0.436. The molecule has 0 aromatic heterocycles. The van der Waals surface area contributed by atoms with E-state index in [-0.39, 0.29) is 4.83 Å². The summed E-state index contributed by atoms with van der Waals surface area (Å²) < 4.78 is 13.9. The minimum atomic E-state index is -1.17. The first-order valence-electron chi connectivity index (χ1n) is 5.13. The zero-order valence-corrected chi connectivity index (χ0v) is 11.4. The average molecular weight is 304 g/mol. The lowest BCUT2D eigenvalue weighted by Gasteiger charge is -2.13. The molecule has 0 radical (unpaired) electrons. The number of hydrogen-bond donors (Lipinski definition) is 1. The summed E-state index contributed by atoms with van der Waals surface area (Å²) in [7, 11) is -1.17. The van der Waals surface area contributed by atoms with E-state index in [1.807, 2.05) is 31.2 Å². The molecule has 1 aliphatic rings. The van der Waals surface area contributed by atoms with Crippen molar-refractivity contribution >= 4 is 26.9 Å². The Bertz CT molecular complexity index is 385. The average Bonchev–Trinajstić information content (AvgIpc) is 2.59. The standard InChI is InChI=1S/C11H14BrNO2S/c1-8-2-4-9(5-3-8)16(15)13-6-10(12)11(14)7-13/h2-5,10-11,14H,6-7H2,1H3. The number of aliphatic hydroxyl groups excluding tert-OH is 1. The maximum absolute atomic E-state index is 12.2. The number of benzene rings is 1. The molecule has 1 N–H and O–H groups in total. The summed E-state index contributed by atoms with van der Waals surface area (Å²) in [5, 5.41) is 9.59. The topological polar surface area (TPSA) is 40.5 Å². The lowest BCUT2D eigenvalue weighted by molar-refractivity contribution is 0.195. The highest BCUT2D eigenvalue weighted by Crippen LogP contribution is 2.22. The van der Waals surface area contributed by atoms with Crippen LogP contribution in [0.5, 0.6) is 0 Å². The highest BCUT2D eigenvalue weighted by Gasteiger charge is 2.32. The van der Waals surface area contributed by atoms with Crippen LogP contribution >= 0.6 is 15.9 Å². The van der Waals surface area contributed by atoms with E-state index < -0.39 is 17.1 Å². The fourth-order valence-electron chi connectivity index (χ4n) is 1.65. The van der Waals surface area contributed by atoms with Gasteiger partial charge >= 0.3 is 0 Å². The second-order valence-electron chi connectivity index (χ2n) is 3.99. The van der Waals surface area contributed by atoms with E-state index in [1.165, 1.54) is 0 Å². The van der Waals surface area contributed by atoms with Crippen LogP contribution in [0.1, 0.15) is 5.56 Å². The van der Waals surface area contributed by atoms with Crippen molar-refractivity contribution < 1.29 is 9.32 Å². The van der Waals surface area contributed by atoms with E-state index in [2.05, 4.69) is 15.9 Å². The smallest absolute Gasteiger partial charge is 0.127 e. The van der Waals surface area contributed by atoms with Gasteiger partial charge in [-0.15, -0.1) is 0 Å². The number of hydrogen-bond acceptors (Lipinski definition) is 2. The number of aliphatic hydroxyl groups is 1. The van der Waals surface area contributed by atoms with E-state index in [0.717, 1.165) is 10.5 Å². The van der Waals surface area contributed by atoms with Crippen molar-refractivity contribution in [2.75, 3.05) is 13.1 Å². The zero-order chi connectivity index (χ0) is 11.7. The van der Waals surface area contributed by atoms with E-state index in [1.54, 1.807) is 4.31 Å². The Hall–Kier alpha value is -0.230. The number of rotatable bonds is 2. The number of nitrogens with zero attached hydrogens (tertiary/aromatic N) is 1. The summed E-state index contributed by atoms with van der Waals surface area (Å²) in [4.78, 5) is 0.807. The Morgan fingerprint density at radius 1 is 1.38 bits per heavy atom. The Morgan fingerprint density at radius 3 is 2.50 bits per heavy atom. The Kier molecular flexibility index (Phi) is 3.79. The van der Waals surface area contributed by atoms with Crippen molar-refractivity contribution in [2.45, 2.75) is 22.8 Å². The van der Waals surface area contributed by atoms with Gasteiger partial charge in [-0.3, -0.25) is 0 Å². The summed E-state index contributed by atoms with van der Waals surface area (Å²) in [6, 6.07) is 7.65. The maximum atomic E-state index is 12.2. The molecule has 0 aliphatic carbocycles. The first-order valence-corrected chi connectivity index (χ1v) is 7.16. The summed E-state index contributed by atoms with van der Waals surface area (Å²) >= 11 is 3.37. The third kappa shape index (κ3) is 2.53. The molecule has 1 aliphatic heterocycles. The fraction of sp³-hybridized carbons (Fsp3) is 0.455. The third-order valence-electron chi connectivity index (χ3n) is 2.64. The molecule has 1 aromatic carbocycles. The van der Waals surface area contributed by atoms with Crippen LogP contribution in [0.25, 0.3) is 0 Å². The summed E-state index contributed by atoms with van der Waals surface area (Å²) in [6.45, 7) is 3.07. The molecular formula is C11H14BrNO2S. The molecule has 0 saturated carbocycles. The molecule has 2 rings (SSSR count). The SMILES string of the molecule is Cc1ccc(S(=O)N2CC(O)C(Br)C2)cc1. The largest absolute Gasteiger partial charge is 0.391 e. The van der Waals surface area contributed by atoms with E-state index in [4.69, 9.17) is 0 Å². The third-order valence-corrected chi connectivity index (χ3v) is 4.99. The van der Waals surface area contributed by atoms with E-state index in [9.17, 15) is 9.32 Å². The van der Waals surface area contributed by atoms with Gasteiger partial charge < -0.3 is 5.11 Å². The van der Waals surface area contributed by atoms with Crippen molar-refractivity contribution in [3.63, 3.8) is 0 Å². The predicted molar refractivity (Wildman–Crippen MR) is 67.9 cm³/mol. The highest BCUT2D eigenvalue weighted by atomic mass is 79.9. The van der Waals surface area contributed by atoms with Crippen LogP contribution < -0.4 is 0 Å². The molecule has 1 saturated heterocycles. The normalized spacial score (nSPS) is 28.2. The molecule has 0 amide bonds. The minimum absolute atomic E-state index is 0.0156. The lowest BCUT2D eigenvalue weighted by Crippen LogP contribution is -2.24. The highest BCUT2D eigenvalue weighted by molar-refractivity contribution is 9.09. The number of β-amino-alcohol motifs (C(OH)–C–C–N with tert-alkyl or cyclic N) is 1. The molecule has 1 heterocycles. The van der Waals surface area contributed by atoms with Crippen LogP contribution in [0.3, 0.4) is 0 Å². The maximum Gasteiger partial charge on any atom is 0.127 e. The molecule has 3 unspecified atom stereocenters. The summed E-state index contributed by atoms with van der Waals surface area (Å²) in [5.74, 6) is 0. The van der Waals surface area contributed by atoms with Crippen LogP contribution in [-0.2, 0) is 11.0 Å². The van der Waals surface area contributed by atoms with Crippen LogP contribution in [-0.4, -0.2) is 37.6 Å². The van der Waals surface area contributed by atoms with Crippen molar-refractivity contribution in [2.24, 2.45) is 0 Å². The van der Waals surface area contributed by atoms with Crippen LogP contribution in [0.15, 0.2) is 29.2 Å². The first kappa shape index (κ1) is 12.2. The monoisotopic (exact) mass is 303 g/mol. The van der Waals surface area contributed by atoms with Crippen molar-refractivity contribution in [3.8, 4) is 0 Å². The van der Waals surface area contributed by atoms with Crippen LogP contribution in [0.4, 0.5) is 0 Å². The molecule has 16 heavy (non-hydrogen) atoms. The summed E-state index contributed by atoms with van der Waals surface area (Å²) in [5.41, 5.74) is 1.15. The Labute approximate surface area is 106 Å². The molecule has 1 aromatic rings. The number of alkyl halides is 1. The van der Waals surface area contributed by atoms with Crippen molar-refractivity contribution in [1.82, 2.24) is 4.31 Å². The molecule has 0 bridgehead atoms. The van der Waals surface area contributed by atoms with Gasteiger partial charge in [0.2, 0.25) is 0 Å². The molecule has 3 atom stereocenters. The second-order valence-corrected chi connectivity index (χ2v) is 6.65. The van der Waals surface area contributed by atoms with Crippen molar-refractivity contribution in [3.05, 3.63) is 29.8 Å². The minimum Gasteiger partial charge on any atom is -0.391 e. The van der Waals surface area contributed by atoms with Crippen LogP contribution in [0, 0.1) is 6.92 Å². The van der Waals surface area contributed by atoms with Gasteiger partial charge in [0, 0.05) is 13.1 Å². The Balaban J connectivity index is 2.11. The molecule has 3 nitrogen and oxygen atoms in total. The van der Waals surface area contributed by atoms with Gasteiger partial charge in [-0.1, -0.05) is 33.6 Å². The second kappa shape index (κ2) is 4.96. The molecule has 1 fully saturated rings. The molecule has 88 valence electrons. The van der Waals surface area contributed by atoms with E-state index >= 15 is 0 Å². The van der Waals surface area contributed by atoms with Gasteiger partial charge in [0.05, 0.1) is 15.8 Å². The quantitative estimate of drug-likeness (QED) is 0.840. The van der Waals surface area contributed by atoms with Gasteiger partial charge in [-0.05, 0) is 19.1 Å². The van der Waals surface area contributed by atoms with Gasteiger partial charge in [-0.25, -0.2) is 8.51 Å². The molecule has 0 spiro atoms. The van der Waals surface area contributed by atoms with Gasteiger partial charge in [-0.2, -0.15) is 0 Å². The van der Waals surface area contributed by atoms with Crippen molar-refractivity contribution in [1.29, 1.82) is 0 Å². The van der Waals surface area contributed by atoms with E-state index in [0.29, 0.717) is 13.1 Å². The first-order chi connectivity index (χ1) is 7.58. The van der Waals surface area contributed by atoms with Crippen LogP contribution in [0.2, 0.25) is 0 Å². The van der Waals surface area contributed by atoms with Gasteiger partial charge in [0.15, 0.2) is 0 Å². The molecular weight excluding hydrogens is 290 g/mol. The number of halogens is 1. The number of aryl methyl sites for hydroxylation is 1. The lowest BCUT2D eigenvalue weighted by atomic mass is 10.2. The molecule has 5 heteroatoms. The Morgan fingerprint density at radius 2 is 2.00 bits per heavy atom. The van der Waals surface area contributed by atoms with Gasteiger partial charge in [0.1, 0.15) is 11.0 Å². The zero-order valence-electron chi connectivity index (χ0n) is 8.97.